The smallest absolute Gasteiger partial charge is 0.215 e. The molecule has 6 heteroatoms. The van der Waals surface area contributed by atoms with Crippen LogP contribution in [0.25, 0.3) is 10.9 Å². The van der Waals surface area contributed by atoms with Gasteiger partial charge in [-0.05, 0) is 50.7 Å². The Balaban J connectivity index is 2.70. The lowest BCUT2D eigenvalue weighted by Crippen LogP contribution is -2.20. The summed E-state index contributed by atoms with van der Waals surface area (Å²) in [4.78, 5) is 3.84. The van der Waals surface area contributed by atoms with E-state index in [1.54, 1.807) is 0 Å². The second-order valence-electron chi connectivity index (χ2n) is 4.42. The van der Waals surface area contributed by atoms with E-state index in [0.717, 1.165) is 0 Å². The maximum Gasteiger partial charge on any atom is 0.215 e. The molecule has 2 rings (SSSR count). The van der Waals surface area contributed by atoms with E-state index in [1.807, 2.05) is 0 Å². The fourth-order valence-electron chi connectivity index (χ4n) is 1.63. The van der Waals surface area contributed by atoms with E-state index in [4.69, 9.17) is 12.3 Å². The molecular formula is C14H21N3O2S. The zero-order valence-electron chi connectivity index (χ0n) is 20.1. The zero-order chi connectivity index (χ0) is 22.5. The molecule has 0 amide bonds. The molecular weight excluding hydrogens is 274 g/mol. The van der Waals surface area contributed by atoms with Gasteiger partial charge in [-0.15, -0.1) is 0 Å². The molecule has 1 aromatic carbocycles. The summed E-state index contributed by atoms with van der Waals surface area (Å²) in [7, 11) is -1.46. The topological polar surface area (TPSA) is 65.2 Å². The SMILES string of the molecule is [2H]c1[nH]c2c([2H])c([2H])c(CS(=O)(=O)NC([2H])([2H])[2H])c([2H])c2c1CC([2H])([2H])N(C)C. The molecule has 0 saturated carbocycles. The normalized spacial score (nSPS) is 20.2. The zero-order valence-corrected chi connectivity index (χ0v) is 11.9. The summed E-state index contributed by atoms with van der Waals surface area (Å²) in [6.07, 6.45) is -0.561. The minimum atomic E-state index is -4.45. The minimum absolute atomic E-state index is 0.0270. The summed E-state index contributed by atoms with van der Waals surface area (Å²) >= 11 is 0. The van der Waals surface area contributed by atoms with Gasteiger partial charge in [-0.1, -0.05) is 6.04 Å². The Labute approximate surface area is 132 Å². The van der Waals surface area contributed by atoms with Crippen LogP contribution in [0.1, 0.15) is 23.5 Å². The van der Waals surface area contributed by atoms with Gasteiger partial charge in [-0.3, -0.25) is 0 Å². The van der Waals surface area contributed by atoms with Gasteiger partial charge in [0.2, 0.25) is 10.0 Å². The lowest BCUT2D eigenvalue weighted by atomic mass is 10.1. The van der Waals surface area contributed by atoms with Crippen LogP contribution in [0.15, 0.2) is 24.3 Å². The first-order chi connectivity index (χ1) is 13.0. The van der Waals surface area contributed by atoms with Gasteiger partial charge in [0.1, 0.15) is 0 Å². The fraction of sp³-hybridized carbons (Fsp3) is 0.429. The number of hydrogen-bond donors (Lipinski definition) is 2. The molecule has 1 heterocycles. The van der Waals surface area contributed by atoms with Crippen molar-refractivity contribution in [3.63, 3.8) is 0 Å². The molecule has 0 atom stereocenters. The molecule has 0 aliphatic heterocycles. The second-order valence-corrected chi connectivity index (χ2v) is 6.14. The number of nitrogens with zero attached hydrogens (tertiary/aromatic N) is 1. The highest BCUT2D eigenvalue weighted by molar-refractivity contribution is 7.88. The summed E-state index contributed by atoms with van der Waals surface area (Å²) in [6, 6.07) is -1.50. The van der Waals surface area contributed by atoms with Gasteiger partial charge in [0, 0.05) is 30.4 Å². The summed E-state index contributed by atoms with van der Waals surface area (Å²) < 4.78 is 95.7. The van der Waals surface area contributed by atoms with E-state index in [9.17, 15) is 8.42 Å². The predicted molar refractivity (Wildman–Crippen MR) is 82.2 cm³/mol. The number of aryl methyl sites for hydroxylation is 1. The maximum absolute atomic E-state index is 12.2. The van der Waals surface area contributed by atoms with Crippen molar-refractivity contribution in [2.75, 3.05) is 27.6 Å². The van der Waals surface area contributed by atoms with Crippen molar-refractivity contribution in [1.82, 2.24) is 14.6 Å². The van der Waals surface area contributed by atoms with Crippen LogP contribution in [0.4, 0.5) is 0 Å². The summed E-state index contributed by atoms with van der Waals surface area (Å²) in [5.41, 5.74) is -0.371. The van der Waals surface area contributed by atoms with E-state index in [2.05, 4.69) is 4.98 Å². The van der Waals surface area contributed by atoms with Crippen molar-refractivity contribution in [1.29, 1.82) is 0 Å². The number of rotatable bonds is 6. The molecule has 2 aromatic rings. The third-order valence-corrected chi connectivity index (χ3v) is 3.55. The van der Waals surface area contributed by atoms with Crippen LogP contribution in [0.5, 0.6) is 0 Å². The monoisotopic (exact) mass is 304 g/mol. The molecule has 0 radical (unpaired) electrons. The number of nitrogens with one attached hydrogen (secondary N) is 2. The van der Waals surface area contributed by atoms with Crippen LogP contribution in [0.2, 0.25) is 0 Å². The molecule has 20 heavy (non-hydrogen) atoms. The molecule has 0 spiro atoms. The van der Waals surface area contributed by atoms with Crippen LogP contribution < -0.4 is 4.72 Å². The van der Waals surface area contributed by atoms with Gasteiger partial charge in [0.25, 0.3) is 0 Å². The highest BCUT2D eigenvalue weighted by atomic mass is 32.2. The first-order valence-electron chi connectivity index (χ1n) is 10.3. The molecule has 0 saturated heterocycles. The van der Waals surface area contributed by atoms with Crippen molar-refractivity contribution >= 4 is 20.9 Å². The predicted octanol–water partition coefficient (Wildman–Crippen LogP) is 1.32. The number of sulfonamides is 1. The Hall–Kier alpha value is -1.37. The van der Waals surface area contributed by atoms with Gasteiger partial charge < -0.3 is 9.88 Å². The average molecular weight is 304 g/mol. The van der Waals surface area contributed by atoms with Crippen molar-refractivity contribution in [2.45, 2.75) is 12.2 Å². The molecule has 0 unspecified atom stereocenters. The quantitative estimate of drug-likeness (QED) is 0.846. The molecule has 0 bridgehead atoms. The Morgan fingerprint density at radius 3 is 3.00 bits per heavy atom. The van der Waals surface area contributed by atoms with Gasteiger partial charge >= 0.3 is 0 Å². The Morgan fingerprint density at radius 2 is 2.30 bits per heavy atom. The number of benzene rings is 1. The Morgan fingerprint density at radius 1 is 1.50 bits per heavy atom. The van der Waals surface area contributed by atoms with Crippen molar-refractivity contribution in [2.24, 2.45) is 0 Å². The number of likely N-dealkylation sites (N-methyl/N-ethyl adjacent to an activating group) is 1. The first kappa shape index (κ1) is 7.06. The summed E-state index contributed by atoms with van der Waals surface area (Å²) in [5, 5.41) is -0.0270. The van der Waals surface area contributed by atoms with Gasteiger partial charge in [0.15, 0.2) is 0 Å². The van der Waals surface area contributed by atoms with Crippen LogP contribution in [-0.2, 0) is 22.2 Å². The maximum atomic E-state index is 12.2. The lowest BCUT2D eigenvalue weighted by molar-refractivity contribution is 0.414. The molecule has 110 valence electrons. The third kappa shape index (κ3) is 3.59. The van der Waals surface area contributed by atoms with Crippen LogP contribution >= 0.6 is 0 Å². The summed E-state index contributed by atoms with van der Waals surface area (Å²) in [5.74, 6) is -1.01. The van der Waals surface area contributed by atoms with E-state index < -0.39 is 52.9 Å². The highest BCUT2D eigenvalue weighted by Crippen LogP contribution is 2.21. The van der Waals surface area contributed by atoms with Gasteiger partial charge in [-0.2, -0.15) is 0 Å². The Bertz CT molecular complexity index is 1050. The van der Waals surface area contributed by atoms with Crippen LogP contribution in [0.3, 0.4) is 0 Å². The minimum Gasteiger partial charge on any atom is -0.361 e. The molecule has 0 aliphatic rings. The highest BCUT2D eigenvalue weighted by Gasteiger charge is 2.11. The summed E-state index contributed by atoms with van der Waals surface area (Å²) in [6.45, 7) is -4.89. The number of aromatic amines is 1. The molecule has 0 aliphatic carbocycles. The van der Waals surface area contributed by atoms with Gasteiger partial charge in [-0.25, -0.2) is 13.1 Å². The number of aromatic nitrogens is 1. The standard InChI is InChI=1S/C14H21N3O2S/c1-15-20(18,19)10-11-4-5-14-13(8-11)12(9-16-14)6-7-17(2)3/h4-5,8-9,15-16H,6-7,10H2,1-3H3/i1D3,4D,5D,7D2,8D,9D. The van der Waals surface area contributed by atoms with E-state index in [1.165, 1.54) is 23.7 Å². The molecule has 0 fully saturated rings. The van der Waals surface area contributed by atoms with Crippen molar-refractivity contribution in [3.05, 3.63) is 35.4 Å². The number of fused-ring (bicyclic) bond motifs is 1. The van der Waals surface area contributed by atoms with E-state index in [-0.39, 0.29) is 29.1 Å². The molecule has 2 N–H and O–H groups in total. The number of hydrogen-bond acceptors (Lipinski definition) is 3. The fourth-order valence-corrected chi connectivity index (χ4v) is 2.23. The third-order valence-electron chi connectivity index (χ3n) is 2.57. The first-order valence-corrected chi connectivity index (χ1v) is 7.41. The largest absolute Gasteiger partial charge is 0.361 e. The molecule has 5 nitrogen and oxygen atoms in total. The van der Waals surface area contributed by atoms with E-state index >= 15 is 0 Å². The van der Waals surface area contributed by atoms with Crippen molar-refractivity contribution < 1.29 is 20.8 Å². The van der Waals surface area contributed by atoms with E-state index in [0.29, 0.717) is 0 Å². The number of H-pyrrole nitrogens is 1. The van der Waals surface area contributed by atoms with Gasteiger partial charge in [0.05, 0.1) is 11.2 Å². The second kappa shape index (κ2) is 5.95. The van der Waals surface area contributed by atoms with Crippen LogP contribution in [0, 0.1) is 0 Å². The lowest BCUT2D eigenvalue weighted by Gasteiger charge is -2.08. The van der Waals surface area contributed by atoms with Crippen LogP contribution in [-0.4, -0.2) is 45.9 Å². The Kier molecular flexibility index (Phi) is 2.10. The average Bonchev–Trinajstić information content (AvgIpc) is 2.83. The molecule has 1 aromatic heterocycles. The van der Waals surface area contributed by atoms with Crippen molar-refractivity contribution in [3.8, 4) is 0 Å².